The van der Waals surface area contributed by atoms with Crippen LogP contribution in [0, 0.1) is 0 Å². The van der Waals surface area contributed by atoms with Crippen molar-refractivity contribution in [2.75, 3.05) is 6.54 Å². The minimum absolute atomic E-state index is 0.144. The van der Waals surface area contributed by atoms with Crippen LogP contribution in [0.1, 0.15) is 23.1 Å². The highest BCUT2D eigenvalue weighted by atomic mass is 16.2. The average Bonchev–Trinajstić information content (AvgIpc) is 3.02. The molecule has 3 aromatic rings. The molecular weight excluding hydrogens is 330 g/mol. The van der Waals surface area contributed by atoms with Crippen molar-refractivity contribution in [3.8, 4) is 0 Å². The van der Waals surface area contributed by atoms with Gasteiger partial charge in [0.15, 0.2) is 0 Å². The molecule has 0 radical (unpaired) electrons. The summed E-state index contributed by atoms with van der Waals surface area (Å²) in [5.74, 6) is 0.144. The minimum Gasteiger partial charge on any atom is -0.350 e. The van der Waals surface area contributed by atoms with Gasteiger partial charge in [0.25, 0.3) is 0 Å². The summed E-state index contributed by atoms with van der Waals surface area (Å²) in [7, 11) is 0. The molecule has 7 nitrogen and oxygen atoms in total. The number of hydrogen-bond acceptors (Lipinski definition) is 4. The highest BCUT2D eigenvalue weighted by molar-refractivity contribution is 5.92. The second-order valence-corrected chi connectivity index (χ2v) is 6.45. The van der Waals surface area contributed by atoms with E-state index in [0.717, 1.165) is 28.5 Å². The molecule has 7 heteroatoms. The van der Waals surface area contributed by atoms with Gasteiger partial charge < -0.3 is 10.6 Å². The Morgan fingerprint density at radius 1 is 1.15 bits per heavy atom. The molecule has 0 spiro atoms. The molecule has 0 fully saturated rings. The number of nitrogens with two attached hydrogens (primary N) is 1. The summed E-state index contributed by atoms with van der Waals surface area (Å²) in [6.45, 7) is 1.16. The topological polar surface area (TPSA) is 94.1 Å². The molecule has 0 bridgehead atoms. The van der Waals surface area contributed by atoms with Gasteiger partial charge in [0.05, 0.1) is 11.7 Å². The number of fused-ring (bicyclic) bond motifs is 3. The van der Waals surface area contributed by atoms with Gasteiger partial charge in [-0.1, -0.05) is 6.07 Å². The summed E-state index contributed by atoms with van der Waals surface area (Å²) in [5.41, 5.74) is 9.39. The fourth-order valence-corrected chi connectivity index (χ4v) is 3.50. The molecule has 2 N–H and O–H groups in total. The van der Waals surface area contributed by atoms with E-state index in [-0.39, 0.29) is 5.91 Å². The predicted molar refractivity (Wildman–Crippen MR) is 96.4 cm³/mol. The summed E-state index contributed by atoms with van der Waals surface area (Å²) >= 11 is 0. The Bertz CT molecular complexity index is 980. The smallest absolute Gasteiger partial charge is 0.340 e. The van der Waals surface area contributed by atoms with Crippen LogP contribution in [-0.4, -0.2) is 38.1 Å². The quantitative estimate of drug-likeness (QED) is 0.781. The summed E-state index contributed by atoms with van der Waals surface area (Å²) in [6.07, 6.45) is 7.14. The molecule has 0 saturated heterocycles. The van der Waals surface area contributed by atoms with Crippen LogP contribution in [0.3, 0.4) is 0 Å². The summed E-state index contributed by atoms with van der Waals surface area (Å²) in [4.78, 5) is 30.0. The zero-order valence-corrected chi connectivity index (χ0v) is 14.3. The van der Waals surface area contributed by atoms with E-state index in [0.29, 0.717) is 31.4 Å². The molecule has 1 aliphatic rings. The molecule has 0 unspecified atom stereocenters. The maximum absolute atomic E-state index is 12.6. The van der Waals surface area contributed by atoms with E-state index in [9.17, 15) is 9.59 Å². The first-order valence-corrected chi connectivity index (χ1v) is 8.58. The van der Waals surface area contributed by atoms with Crippen molar-refractivity contribution in [1.29, 1.82) is 0 Å². The number of amides is 2. The van der Waals surface area contributed by atoms with E-state index in [1.165, 1.54) is 4.68 Å². The van der Waals surface area contributed by atoms with Gasteiger partial charge in [-0.15, -0.1) is 0 Å². The van der Waals surface area contributed by atoms with Gasteiger partial charge in [-0.3, -0.25) is 9.78 Å². The van der Waals surface area contributed by atoms with Gasteiger partial charge in [-0.25, -0.2) is 4.79 Å². The number of aryl methyl sites for hydroxylation is 1. The van der Waals surface area contributed by atoms with Crippen molar-refractivity contribution in [1.82, 2.24) is 19.7 Å². The zero-order valence-electron chi connectivity index (χ0n) is 14.3. The number of pyridine rings is 1. The Hall–Kier alpha value is -3.22. The Morgan fingerprint density at radius 2 is 1.96 bits per heavy atom. The second kappa shape index (κ2) is 6.59. The van der Waals surface area contributed by atoms with Crippen molar-refractivity contribution in [2.24, 2.45) is 5.73 Å². The van der Waals surface area contributed by atoms with Crippen molar-refractivity contribution in [3.63, 3.8) is 0 Å². The van der Waals surface area contributed by atoms with E-state index in [1.54, 1.807) is 18.6 Å². The summed E-state index contributed by atoms with van der Waals surface area (Å²) < 4.78 is 1.20. The maximum atomic E-state index is 12.6. The molecule has 0 aliphatic carbocycles. The normalized spacial score (nSPS) is 14.3. The highest BCUT2D eigenvalue weighted by Crippen LogP contribution is 2.27. The van der Waals surface area contributed by atoms with Gasteiger partial charge >= 0.3 is 6.03 Å². The molecule has 0 atom stereocenters. The lowest BCUT2D eigenvalue weighted by molar-refractivity contribution is -0.131. The van der Waals surface area contributed by atoms with Crippen LogP contribution in [0.2, 0.25) is 0 Å². The number of carbonyl (C=O) groups is 2. The molecule has 3 heterocycles. The van der Waals surface area contributed by atoms with E-state index in [4.69, 9.17) is 5.73 Å². The molecular formula is C19H19N5O2. The van der Waals surface area contributed by atoms with Crippen molar-refractivity contribution in [3.05, 3.63) is 59.5 Å². The van der Waals surface area contributed by atoms with Gasteiger partial charge in [0, 0.05) is 37.3 Å². The van der Waals surface area contributed by atoms with Gasteiger partial charge in [-0.2, -0.15) is 9.78 Å². The van der Waals surface area contributed by atoms with Crippen LogP contribution in [0.15, 0.2) is 42.9 Å². The van der Waals surface area contributed by atoms with Crippen LogP contribution >= 0.6 is 0 Å². The van der Waals surface area contributed by atoms with Crippen LogP contribution < -0.4 is 5.73 Å². The first-order chi connectivity index (χ1) is 12.6. The fraction of sp³-hybridized carbons (Fsp3) is 0.263. The molecule has 132 valence electrons. The zero-order chi connectivity index (χ0) is 18.1. The molecule has 2 amide bonds. The Labute approximate surface area is 150 Å². The minimum atomic E-state index is -0.612. The average molecular weight is 349 g/mol. The van der Waals surface area contributed by atoms with Crippen molar-refractivity contribution < 1.29 is 9.59 Å². The second-order valence-electron chi connectivity index (χ2n) is 6.45. The molecule has 1 aromatic carbocycles. The Balaban J connectivity index is 1.65. The van der Waals surface area contributed by atoms with Crippen LogP contribution in [0.25, 0.3) is 10.9 Å². The van der Waals surface area contributed by atoms with E-state index in [2.05, 4.69) is 10.1 Å². The number of carbonyl (C=O) groups excluding carboxylic acids is 2. The van der Waals surface area contributed by atoms with Crippen molar-refractivity contribution >= 4 is 22.8 Å². The van der Waals surface area contributed by atoms with E-state index >= 15 is 0 Å². The lowest BCUT2D eigenvalue weighted by atomic mass is 10.0. The van der Waals surface area contributed by atoms with Gasteiger partial charge in [0.1, 0.15) is 0 Å². The number of rotatable bonds is 3. The largest absolute Gasteiger partial charge is 0.350 e. The van der Waals surface area contributed by atoms with Crippen LogP contribution in [-0.2, 0) is 24.2 Å². The standard InChI is InChI=1S/C19H19N5O2/c20-19(26)24-17-3-1-14-2-4-18(25)23(12-16(14)15(17)11-22-24)10-7-13-5-8-21-9-6-13/h1,3,5-6,8-9,11H,2,4,7,10,12H2,(H2,20,26). The molecule has 4 rings (SSSR count). The first-order valence-electron chi connectivity index (χ1n) is 8.58. The van der Waals surface area contributed by atoms with Crippen molar-refractivity contribution in [2.45, 2.75) is 25.8 Å². The highest BCUT2D eigenvalue weighted by Gasteiger charge is 2.23. The Morgan fingerprint density at radius 3 is 2.73 bits per heavy atom. The monoisotopic (exact) mass is 349 g/mol. The molecule has 1 aliphatic heterocycles. The molecule has 2 aromatic heterocycles. The van der Waals surface area contributed by atoms with Gasteiger partial charge in [-0.05, 0) is 47.7 Å². The van der Waals surface area contributed by atoms with Crippen LogP contribution in [0.5, 0.6) is 0 Å². The SMILES string of the molecule is NC(=O)n1ncc2c3c(ccc21)CCC(=O)N(CCc1ccncc1)C3. The Kier molecular flexibility index (Phi) is 4.12. The molecule has 0 saturated carbocycles. The molecule has 26 heavy (non-hydrogen) atoms. The maximum Gasteiger partial charge on any atom is 0.340 e. The van der Waals surface area contributed by atoms with E-state index in [1.807, 2.05) is 29.2 Å². The summed E-state index contributed by atoms with van der Waals surface area (Å²) in [6, 6.07) is 7.14. The van der Waals surface area contributed by atoms with E-state index < -0.39 is 6.03 Å². The number of hydrogen-bond donors (Lipinski definition) is 1. The first kappa shape index (κ1) is 16.3. The fourth-order valence-electron chi connectivity index (χ4n) is 3.50. The third-order valence-electron chi connectivity index (χ3n) is 4.90. The van der Waals surface area contributed by atoms with Gasteiger partial charge in [0.2, 0.25) is 5.91 Å². The predicted octanol–water partition coefficient (Wildman–Crippen LogP) is 1.88. The third kappa shape index (κ3) is 2.92. The third-order valence-corrected chi connectivity index (χ3v) is 4.90. The number of aromatic nitrogens is 3. The van der Waals surface area contributed by atoms with Crippen LogP contribution in [0.4, 0.5) is 4.79 Å². The number of primary amides is 1. The summed E-state index contributed by atoms with van der Waals surface area (Å²) in [5, 5.41) is 4.98. The number of benzene rings is 1. The lowest BCUT2D eigenvalue weighted by Gasteiger charge is -2.21. The lowest BCUT2D eigenvalue weighted by Crippen LogP contribution is -2.31. The number of nitrogens with zero attached hydrogens (tertiary/aromatic N) is 4.